The summed E-state index contributed by atoms with van der Waals surface area (Å²) in [6.45, 7) is 5.46. The summed E-state index contributed by atoms with van der Waals surface area (Å²) in [6.07, 6.45) is 0. The van der Waals surface area contributed by atoms with Crippen LogP contribution >= 0.6 is 15.9 Å². The van der Waals surface area contributed by atoms with Gasteiger partial charge in [-0.15, -0.1) is 10.2 Å². The molecule has 0 aliphatic carbocycles. The number of carbonyl (C=O) groups is 1. The molecule has 6 nitrogen and oxygen atoms in total. The number of nitrogens with zero attached hydrogens (tertiary/aromatic N) is 3. The SMILES string of the molecule is CC(C)CN(CC(N)=O)Cc1nnc(-c2ccccc2Br)o1. The molecule has 22 heavy (non-hydrogen) atoms. The van der Waals surface area contributed by atoms with E-state index in [2.05, 4.69) is 40.0 Å². The Morgan fingerprint density at radius 2 is 2.09 bits per heavy atom. The summed E-state index contributed by atoms with van der Waals surface area (Å²) in [5.74, 6) is 0.954. The van der Waals surface area contributed by atoms with Gasteiger partial charge in [0.1, 0.15) is 0 Å². The van der Waals surface area contributed by atoms with E-state index in [-0.39, 0.29) is 12.5 Å². The molecule has 0 spiro atoms. The molecule has 0 aliphatic heterocycles. The van der Waals surface area contributed by atoms with Crippen molar-refractivity contribution in [3.05, 3.63) is 34.6 Å². The van der Waals surface area contributed by atoms with Crippen molar-refractivity contribution in [2.75, 3.05) is 13.1 Å². The summed E-state index contributed by atoms with van der Waals surface area (Å²) in [5.41, 5.74) is 6.12. The van der Waals surface area contributed by atoms with Gasteiger partial charge in [-0.3, -0.25) is 9.69 Å². The van der Waals surface area contributed by atoms with Crippen LogP contribution in [0.5, 0.6) is 0 Å². The first-order valence-electron chi connectivity index (χ1n) is 7.03. The van der Waals surface area contributed by atoms with E-state index in [9.17, 15) is 4.79 Å². The lowest BCUT2D eigenvalue weighted by atomic mass is 10.2. The van der Waals surface area contributed by atoms with Gasteiger partial charge in [0, 0.05) is 11.0 Å². The number of rotatable bonds is 7. The van der Waals surface area contributed by atoms with Gasteiger partial charge in [0.05, 0.1) is 18.7 Å². The predicted molar refractivity (Wildman–Crippen MR) is 86.7 cm³/mol. The van der Waals surface area contributed by atoms with Crippen molar-refractivity contribution in [1.82, 2.24) is 15.1 Å². The Bertz CT molecular complexity index is 642. The van der Waals surface area contributed by atoms with Crippen LogP contribution < -0.4 is 5.73 Å². The second kappa shape index (κ2) is 7.51. The Hall–Kier alpha value is -1.73. The third kappa shape index (κ3) is 4.64. The van der Waals surface area contributed by atoms with Crippen molar-refractivity contribution < 1.29 is 9.21 Å². The van der Waals surface area contributed by atoms with Crippen LogP contribution in [0, 0.1) is 5.92 Å². The molecule has 0 fully saturated rings. The van der Waals surface area contributed by atoms with Crippen molar-refractivity contribution in [3.63, 3.8) is 0 Å². The van der Waals surface area contributed by atoms with Crippen molar-refractivity contribution in [2.45, 2.75) is 20.4 Å². The molecule has 7 heteroatoms. The normalized spacial score (nSPS) is 11.3. The summed E-state index contributed by atoms with van der Waals surface area (Å²) in [5, 5.41) is 8.13. The lowest BCUT2D eigenvalue weighted by molar-refractivity contribution is -0.119. The Morgan fingerprint density at radius 3 is 2.73 bits per heavy atom. The molecule has 2 aromatic rings. The fraction of sp³-hybridized carbons (Fsp3) is 0.400. The monoisotopic (exact) mass is 366 g/mol. The lowest BCUT2D eigenvalue weighted by Crippen LogP contribution is -2.35. The minimum Gasteiger partial charge on any atom is -0.419 e. The molecule has 0 saturated heterocycles. The van der Waals surface area contributed by atoms with Crippen molar-refractivity contribution in [3.8, 4) is 11.5 Å². The maximum Gasteiger partial charge on any atom is 0.248 e. The fourth-order valence-electron chi connectivity index (χ4n) is 2.17. The van der Waals surface area contributed by atoms with E-state index in [1.54, 1.807) is 0 Å². The molecule has 2 N–H and O–H groups in total. The summed E-state index contributed by atoms with van der Waals surface area (Å²) < 4.78 is 6.59. The summed E-state index contributed by atoms with van der Waals surface area (Å²) in [4.78, 5) is 13.1. The van der Waals surface area contributed by atoms with Crippen molar-refractivity contribution in [1.29, 1.82) is 0 Å². The zero-order valence-electron chi connectivity index (χ0n) is 12.6. The summed E-state index contributed by atoms with van der Waals surface area (Å²) in [6, 6.07) is 7.64. The maximum atomic E-state index is 11.2. The molecule has 1 aromatic carbocycles. The number of benzene rings is 1. The summed E-state index contributed by atoms with van der Waals surface area (Å²) in [7, 11) is 0. The fourth-order valence-corrected chi connectivity index (χ4v) is 2.63. The van der Waals surface area contributed by atoms with Crippen LogP contribution in [-0.4, -0.2) is 34.1 Å². The van der Waals surface area contributed by atoms with Crippen LogP contribution in [0.25, 0.3) is 11.5 Å². The van der Waals surface area contributed by atoms with Gasteiger partial charge in [-0.2, -0.15) is 0 Å². The Balaban J connectivity index is 2.13. The van der Waals surface area contributed by atoms with Crippen molar-refractivity contribution >= 4 is 21.8 Å². The standard InChI is InChI=1S/C15H19BrN4O2/c1-10(2)7-20(8-13(17)21)9-14-18-19-15(22-14)11-5-3-4-6-12(11)16/h3-6,10H,7-9H2,1-2H3,(H2,17,21). The highest BCUT2D eigenvalue weighted by atomic mass is 79.9. The molecule has 0 radical (unpaired) electrons. The van der Waals surface area contributed by atoms with E-state index in [0.717, 1.165) is 16.6 Å². The first-order chi connectivity index (χ1) is 10.5. The first kappa shape index (κ1) is 16.6. The van der Waals surface area contributed by atoms with Gasteiger partial charge < -0.3 is 10.2 Å². The van der Waals surface area contributed by atoms with Gasteiger partial charge in [0.2, 0.25) is 17.7 Å². The highest BCUT2D eigenvalue weighted by molar-refractivity contribution is 9.10. The van der Waals surface area contributed by atoms with Crippen LogP contribution in [0.15, 0.2) is 33.2 Å². The zero-order valence-corrected chi connectivity index (χ0v) is 14.2. The molecule has 0 atom stereocenters. The van der Waals surface area contributed by atoms with Gasteiger partial charge in [-0.05, 0) is 34.0 Å². The quantitative estimate of drug-likeness (QED) is 0.813. The zero-order chi connectivity index (χ0) is 16.1. The Morgan fingerprint density at radius 1 is 1.36 bits per heavy atom. The number of carbonyl (C=O) groups excluding carboxylic acids is 1. The Kier molecular flexibility index (Phi) is 5.68. The van der Waals surface area contributed by atoms with Crippen molar-refractivity contribution in [2.24, 2.45) is 11.7 Å². The minimum atomic E-state index is -0.369. The molecule has 1 aromatic heterocycles. The van der Waals surface area contributed by atoms with Crippen LogP contribution in [0.1, 0.15) is 19.7 Å². The van der Waals surface area contributed by atoms with E-state index in [4.69, 9.17) is 10.2 Å². The topological polar surface area (TPSA) is 85.2 Å². The summed E-state index contributed by atoms with van der Waals surface area (Å²) >= 11 is 3.46. The molecular weight excluding hydrogens is 348 g/mol. The average Bonchev–Trinajstić information content (AvgIpc) is 2.86. The maximum absolute atomic E-state index is 11.2. The van der Waals surface area contributed by atoms with Crippen LogP contribution in [0.4, 0.5) is 0 Å². The van der Waals surface area contributed by atoms with Gasteiger partial charge in [-0.1, -0.05) is 26.0 Å². The largest absolute Gasteiger partial charge is 0.419 e. The number of nitrogens with two attached hydrogens (primary N) is 1. The van der Waals surface area contributed by atoms with Gasteiger partial charge in [-0.25, -0.2) is 0 Å². The van der Waals surface area contributed by atoms with Gasteiger partial charge in [0.15, 0.2) is 0 Å². The first-order valence-corrected chi connectivity index (χ1v) is 7.83. The third-order valence-corrected chi connectivity index (χ3v) is 3.62. The molecular formula is C15H19BrN4O2. The molecule has 118 valence electrons. The lowest BCUT2D eigenvalue weighted by Gasteiger charge is -2.20. The highest BCUT2D eigenvalue weighted by Gasteiger charge is 2.16. The van der Waals surface area contributed by atoms with Gasteiger partial charge in [0.25, 0.3) is 0 Å². The van der Waals surface area contributed by atoms with Crippen LogP contribution in [0.3, 0.4) is 0 Å². The molecule has 2 rings (SSSR count). The Labute approximate surface area is 137 Å². The minimum absolute atomic E-state index is 0.172. The molecule has 1 amide bonds. The smallest absolute Gasteiger partial charge is 0.248 e. The molecule has 0 bridgehead atoms. The second-order valence-electron chi connectivity index (χ2n) is 5.51. The van der Waals surface area contributed by atoms with Gasteiger partial charge >= 0.3 is 0 Å². The average molecular weight is 367 g/mol. The number of primary amides is 1. The van der Waals surface area contributed by atoms with E-state index < -0.39 is 0 Å². The third-order valence-electron chi connectivity index (χ3n) is 2.93. The second-order valence-corrected chi connectivity index (χ2v) is 6.36. The molecule has 0 unspecified atom stereocenters. The number of hydrogen-bond donors (Lipinski definition) is 1. The van der Waals surface area contributed by atoms with E-state index in [1.165, 1.54) is 0 Å². The van der Waals surface area contributed by atoms with Crippen LogP contribution in [0.2, 0.25) is 0 Å². The predicted octanol–water partition coefficient (Wildman–Crippen LogP) is 2.44. The van der Waals surface area contributed by atoms with E-state index >= 15 is 0 Å². The van der Waals surface area contributed by atoms with E-state index in [0.29, 0.717) is 24.2 Å². The molecule has 1 heterocycles. The number of halogens is 1. The number of hydrogen-bond acceptors (Lipinski definition) is 5. The number of amides is 1. The molecule has 0 saturated carbocycles. The number of aromatic nitrogens is 2. The molecule has 0 aliphatic rings. The van der Waals surface area contributed by atoms with Crippen LogP contribution in [-0.2, 0) is 11.3 Å². The highest BCUT2D eigenvalue weighted by Crippen LogP contribution is 2.26. The van der Waals surface area contributed by atoms with E-state index in [1.807, 2.05) is 29.2 Å².